The highest BCUT2D eigenvalue weighted by molar-refractivity contribution is 9.11. The lowest BCUT2D eigenvalue weighted by Crippen LogP contribution is -2.22. The Morgan fingerprint density at radius 2 is 2.35 bits per heavy atom. The SMILES string of the molecule is O=S(=O)(NCc1ccn[nH]1)c1cc(Cl)c(Br)s1. The molecule has 0 aliphatic rings. The molecule has 2 aromatic rings. The molecule has 0 amide bonds. The number of rotatable bonds is 4. The smallest absolute Gasteiger partial charge is 0.250 e. The number of nitrogens with zero attached hydrogens (tertiary/aromatic N) is 1. The number of thiophene rings is 1. The number of aromatic amines is 1. The summed E-state index contributed by atoms with van der Waals surface area (Å²) in [5.74, 6) is 0. The van der Waals surface area contributed by atoms with E-state index in [0.717, 1.165) is 11.3 Å². The summed E-state index contributed by atoms with van der Waals surface area (Å²) in [6, 6.07) is 3.10. The van der Waals surface area contributed by atoms with Crippen LogP contribution in [0.1, 0.15) is 5.69 Å². The molecule has 0 spiro atoms. The summed E-state index contributed by atoms with van der Waals surface area (Å²) in [4.78, 5) is 0. The number of halogens is 2. The normalized spacial score (nSPS) is 11.9. The van der Waals surface area contributed by atoms with Gasteiger partial charge in [-0.15, -0.1) is 11.3 Å². The van der Waals surface area contributed by atoms with Crippen molar-refractivity contribution in [3.8, 4) is 0 Å². The Morgan fingerprint density at radius 3 is 2.88 bits per heavy atom. The van der Waals surface area contributed by atoms with Crippen LogP contribution in [-0.2, 0) is 16.6 Å². The van der Waals surface area contributed by atoms with Gasteiger partial charge in [0.2, 0.25) is 10.0 Å². The van der Waals surface area contributed by atoms with E-state index in [4.69, 9.17) is 11.6 Å². The molecule has 2 aromatic heterocycles. The van der Waals surface area contributed by atoms with E-state index in [-0.39, 0.29) is 10.8 Å². The minimum Gasteiger partial charge on any atom is -0.281 e. The molecule has 0 radical (unpaired) electrons. The number of hydrogen-bond acceptors (Lipinski definition) is 4. The van der Waals surface area contributed by atoms with Crippen molar-refractivity contribution in [1.29, 1.82) is 0 Å². The van der Waals surface area contributed by atoms with E-state index in [1.165, 1.54) is 6.07 Å². The van der Waals surface area contributed by atoms with Crippen LogP contribution in [0.15, 0.2) is 26.3 Å². The maximum atomic E-state index is 11.9. The van der Waals surface area contributed by atoms with Crippen LogP contribution >= 0.6 is 38.9 Å². The van der Waals surface area contributed by atoms with Gasteiger partial charge < -0.3 is 0 Å². The number of sulfonamides is 1. The number of H-pyrrole nitrogens is 1. The minimum absolute atomic E-state index is 0.162. The molecule has 0 aromatic carbocycles. The first-order valence-corrected chi connectivity index (χ1v) is 7.89. The molecule has 2 N–H and O–H groups in total. The minimum atomic E-state index is -3.53. The molecular weight excluding hydrogens is 350 g/mol. The standard InChI is InChI=1S/C8H7BrClN3O2S2/c9-8-6(10)3-7(16-8)17(14,15)12-4-5-1-2-11-13-5/h1-3,12H,4H2,(H,11,13). The van der Waals surface area contributed by atoms with E-state index in [1.807, 2.05) is 0 Å². The van der Waals surface area contributed by atoms with Gasteiger partial charge in [-0.2, -0.15) is 5.10 Å². The molecule has 17 heavy (non-hydrogen) atoms. The lowest BCUT2D eigenvalue weighted by molar-refractivity contribution is 0.582. The van der Waals surface area contributed by atoms with Gasteiger partial charge in [0, 0.05) is 6.20 Å². The molecule has 0 bridgehead atoms. The Balaban J connectivity index is 2.14. The number of aromatic nitrogens is 2. The molecule has 0 aliphatic heterocycles. The Kier molecular flexibility index (Phi) is 3.88. The summed E-state index contributed by atoms with van der Waals surface area (Å²) in [6.45, 7) is 0.162. The van der Waals surface area contributed by atoms with E-state index < -0.39 is 10.0 Å². The molecule has 0 saturated carbocycles. The van der Waals surface area contributed by atoms with Gasteiger partial charge in [-0.3, -0.25) is 5.10 Å². The zero-order valence-electron chi connectivity index (χ0n) is 8.28. The first-order chi connectivity index (χ1) is 7.99. The second-order valence-electron chi connectivity index (χ2n) is 3.09. The van der Waals surface area contributed by atoms with Crippen LogP contribution in [0.2, 0.25) is 5.02 Å². The highest BCUT2D eigenvalue weighted by atomic mass is 79.9. The summed E-state index contributed by atoms with van der Waals surface area (Å²) in [7, 11) is -3.53. The molecular formula is C8H7BrClN3O2S2. The van der Waals surface area contributed by atoms with Crippen molar-refractivity contribution in [2.24, 2.45) is 0 Å². The molecule has 0 fully saturated rings. The van der Waals surface area contributed by atoms with Crippen molar-refractivity contribution in [2.45, 2.75) is 10.8 Å². The fourth-order valence-electron chi connectivity index (χ4n) is 1.09. The number of hydrogen-bond donors (Lipinski definition) is 2. The van der Waals surface area contributed by atoms with Gasteiger partial charge in [-0.25, -0.2) is 13.1 Å². The molecule has 2 rings (SSSR count). The Hall–Kier alpha value is -0.410. The van der Waals surface area contributed by atoms with Crippen LogP contribution in [0.4, 0.5) is 0 Å². The largest absolute Gasteiger partial charge is 0.281 e. The van der Waals surface area contributed by atoms with Crippen molar-refractivity contribution < 1.29 is 8.42 Å². The highest BCUT2D eigenvalue weighted by Gasteiger charge is 2.18. The molecule has 2 heterocycles. The summed E-state index contributed by atoms with van der Waals surface area (Å²) < 4.78 is 27.0. The van der Waals surface area contributed by atoms with E-state index in [9.17, 15) is 8.42 Å². The zero-order chi connectivity index (χ0) is 12.5. The molecule has 0 atom stereocenters. The predicted octanol–water partition coefficient (Wildman–Crippen LogP) is 2.37. The van der Waals surface area contributed by atoms with Crippen LogP contribution in [0.3, 0.4) is 0 Å². The van der Waals surface area contributed by atoms with Crippen molar-refractivity contribution in [2.75, 3.05) is 0 Å². The third-order valence-electron chi connectivity index (χ3n) is 1.90. The lowest BCUT2D eigenvalue weighted by atomic mass is 10.4. The fraction of sp³-hybridized carbons (Fsp3) is 0.125. The van der Waals surface area contributed by atoms with Gasteiger partial charge in [0.1, 0.15) is 4.21 Å². The first kappa shape index (κ1) is 13.0. The quantitative estimate of drug-likeness (QED) is 0.883. The topological polar surface area (TPSA) is 74.8 Å². The summed E-state index contributed by atoms with van der Waals surface area (Å²) in [5.41, 5.74) is 0.690. The van der Waals surface area contributed by atoms with E-state index in [2.05, 4.69) is 30.8 Å². The molecule has 5 nitrogen and oxygen atoms in total. The van der Waals surface area contributed by atoms with E-state index in [1.54, 1.807) is 12.3 Å². The molecule has 0 unspecified atom stereocenters. The van der Waals surface area contributed by atoms with Crippen LogP contribution in [-0.4, -0.2) is 18.6 Å². The van der Waals surface area contributed by atoms with Gasteiger partial charge in [-0.05, 0) is 28.1 Å². The van der Waals surface area contributed by atoms with Crippen molar-refractivity contribution in [3.05, 3.63) is 32.8 Å². The van der Waals surface area contributed by atoms with Gasteiger partial charge in [-0.1, -0.05) is 11.6 Å². The third kappa shape index (κ3) is 3.08. The third-order valence-corrected chi connectivity index (χ3v) is 6.25. The summed E-state index contributed by atoms with van der Waals surface area (Å²) in [6.07, 6.45) is 1.56. The second kappa shape index (κ2) is 5.07. The monoisotopic (exact) mass is 355 g/mol. The second-order valence-corrected chi connectivity index (χ2v) is 7.86. The molecule has 92 valence electrons. The molecule has 0 aliphatic carbocycles. The van der Waals surface area contributed by atoms with Gasteiger partial charge in [0.05, 0.1) is 21.0 Å². The van der Waals surface area contributed by atoms with Crippen molar-refractivity contribution in [3.63, 3.8) is 0 Å². The van der Waals surface area contributed by atoms with Gasteiger partial charge >= 0.3 is 0 Å². The van der Waals surface area contributed by atoms with Gasteiger partial charge in [0.25, 0.3) is 0 Å². The van der Waals surface area contributed by atoms with Crippen LogP contribution in [0, 0.1) is 0 Å². The predicted molar refractivity (Wildman–Crippen MR) is 69.6 cm³/mol. The zero-order valence-corrected chi connectivity index (χ0v) is 12.3. The Bertz CT molecular complexity index is 589. The van der Waals surface area contributed by atoms with Crippen LogP contribution in [0.5, 0.6) is 0 Å². The first-order valence-electron chi connectivity index (χ1n) is 4.42. The van der Waals surface area contributed by atoms with E-state index in [0.29, 0.717) is 14.5 Å². The average Bonchev–Trinajstić information content (AvgIpc) is 2.87. The van der Waals surface area contributed by atoms with Crippen molar-refractivity contribution in [1.82, 2.24) is 14.9 Å². The Labute approximate surface area is 115 Å². The maximum Gasteiger partial charge on any atom is 0.250 e. The van der Waals surface area contributed by atoms with Gasteiger partial charge in [0.15, 0.2) is 0 Å². The number of nitrogens with one attached hydrogen (secondary N) is 2. The van der Waals surface area contributed by atoms with Crippen LogP contribution in [0.25, 0.3) is 0 Å². The fourth-order valence-corrected chi connectivity index (χ4v) is 4.54. The average molecular weight is 357 g/mol. The highest BCUT2D eigenvalue weighted by Crippen LogP contribution is 2.34. The summed E-state index contributed by atoms with van der Waals surface area (Å²) in [5, 5.41) is 6.78. The molecule has 0 saturated heterocycles. The summed E-state index contributed by atoms with van der Waals surface area (Å²) >= 11 is 10.0. The maximum absolute atomic E-state index is 11.9. The van der Waals surface area contributed by atoms with E-state index >= 15 is 0 Å². The Morgan fingerprint density at radius 1 is 1.59 bits per heavy atom. The molecule has 9 heteroatoms. The lowest BCUT2D eigenvalue weighted by Gasteiger charge is -2.02. The van der Waals surface area contributed by atoms with Crippen LogP contribution < -0.4 is 4.72 Å². The van der Waals surface area contributed by atoms with Crippen molar-refractivity contribution >= 4 is 48.9 Å².